The van der Waals surface area contributed by atoms with Gasteiger partial charge in [-0.1, -0.05) is 41.4 Å². The molecular weight excluding hydrogens is 420 g/mol. The second-order valence-corrected chi connectivity index (χ2v) is 9.53. The summed E-state index contributed by atoms with van der Waals surface area (Å²) < 4.78 is 27.5. The highest BCUT2D eigenvalue weighted by Crippen LogP contribution is 2.48. The average molecular weight is 440 g/mol. The molecule has 3 aromatic rings. The van der Waals surface area contributed by atoms with Gasteiger partial charge in [0.1, 0.15) is 0 Å². The topological polar surface area (TPSA) is 81.6 Å². The summed E-state index contributed by atoms with van der Waals surface area (Å²) in [6.45, 7) is 1.90. The molecule has 0 bridgehead atoms. The van der Waals surface area contributed by atoms with Gasteiger partial charge in [-0.3, -0.25) is 9.71 Å². The third kappa shape index (κ3) is 4.66. The second kappa shape index (κ2) is 8.13. The molecule has 0 spiro atoms. The van der Waals surface area contributed by atoms with E-state index < -0.39 is 10.0 Å². The smallest absolute Gasteiger partial charge is 0.261 e. The summed E-state index contributed by atoms with van der Waals surface area (Å²) in [5.41, 5.74) is 2.99. The number of sulfonamides is 1. The molecule has 1 N–H and O–H groups in total. The number of hydrogen-bond donors (Lipinski definition) is 1. The molecule has 0 radical (unpaired) electrons. The second-order valence-electron chi connectivity index (χ2n) is 7.42. The van der Waals surface area contributed by atoms with Crippen LogP contribution >= 0.6 is 11.6 Å². The molecule has 7 heteroatoms. The van der Waals surface area contributed by atoms with Gasteiger partial charge in [0.25, 0.3) is 10.0 Å². The van der Waals surface area contributed by atoms with E-state index in [0.29, 0.717) is 16.4 Å². The van der Waals surface area contributed by atoms with Crippen LogP contribution in [-0.4, -0.2) is 14.3 Å². The summed E-state index contributed by atoms with van der Waals surface area (Å²) in [5, 5.41) is 13.1. The highest BCUT2D eigenvalue weighted by molar-refractivity contribution is 7.92. The number of hydrogen-bond acceptors (Lipinski definition) is 4. The van der Waals surface area contributed by atoms with Crippen molar-refractivity contribution in [2.24, 2.45) is 10.9 Å². The van der Waals surface area contributed by atoms with Crippen LogP contribution in [0.5, 0.6) is 0 Å². The molecule has 30 heavy (non-hydrogen) atoms. The van der Waals surface area contributed by atoms with E-state index in [1.165, 1.54) is 0 Å². The van der Waals surface area contributed by atoms with Gasteiger partial charge in [0, 0.05) is 10.7 Å². The van der Waals surface area contributed by atoms with E-state index in [9.17, 15) is 13.5 Å². The van der Waals surface area contributed by atoms with E-state index >= 15 is 0 Å². The molecule has 154 valence electrons. The van der Waals surface area contributed by atoms with Crippen LogP contribution in [0.1, 0.15) is 23.5 Å². The van der Waals surface area contributed by atoms with Crippen molar-refractivity contribution in [3.63, 3.8) is 0 Å². The molecular formula is C23H20ClN2O3S-. The first-order chi connectivity index (χ1) is 14.3. The van der Waals surface area contributed by atoms with Crippen LogP contribution in [0.2, 0.25) is 5.02 Å². The Hall–Kier alpha value is -2.83. The van der Waals surface area contributed by atoms with Crippen LogP contribution in [0, 0.1) is 12.8 Å². The maximum absolute atomic E-state index is 12.5. The fourth-order valence-electron chi connectivity index (χ4n) is 3.29. The number of benzene rings is 3. The van der Waals surface area contributed by atoms with Crippen molar-refractivity contribution in [1.29, 1.82) is 0 Å². The number of aliphatic imine (C=N–C) groups is 1. The Labute approximate surface area is 181 Å². The number of rotatable bonds is 6. The minimum Gasteiger partial charge on any atom is -0.861 e. The number of nitrogens with one attached hydrogen (secondary N) is 1. The summed E-state index contributed by atoms with van der Waals surface area (Å²) in [5.74, 6) is -0.104. The molecule has 4 rings (SSSR count). The van der Waals surface area contributed by atoms with Crippen LogP contribution < -0.4 is 9.83 Å². The first kappa shape index (κ1) is 20.4. The molecule has 0 aliphatic heterocycles. The lowest BCUT2D eigenvalue weighted by molar-refractivity contribution is -0.220. The minimum absolute atomic E-state index is 0.120. The Morgan fingerprint density at radius 2 is 1.63 bits per heavy atom. The zero-order chi connectivity index (χ0) is 21.3. The first-order valence-electron chi connectivity index (χ1n) is 9.52. The maximum atomic E-state index is 12.5. The van der Waals surface area contributed by atoms with Crippen molar-refractivity contribution in [3.8, 4) is 0 Å². The fraction of sp³-hybridized carbons (Fsp3) is 0.174. The lowest BCUT2D eigenvalue weighted by atomic mass is 10.1. The maximum Gasteiger partial charge on any atom is 0.261 e. The van der Waals surface area contributed by atoms with E-state index in [-0.39, 0.29) is 22.6 Å². The lowest BCUT2D eigenvalue weighted by Gasteiger charge is -2.11. The van der Waals surface area contributed by atoms with Crippen molar-refractivity contribution in [3.05, 3.63) is 88.9 Å². The molecule has 0 aromatic heterocycles. The summed E-state index contributed by atoms with van der Waals surface area (Å²) >= 11 is 5.91. The normalized spacial score (nSPS) is 18.8. The van der Waals surface area contributed by atoms with Crippen LogP contribution in [0.3, 0.4) is 0 Å². The summed E-state index contributed by atoms with van der Waals surface area (Å²) in [4.78, 5) is 4.37. The Morgan fingerprint density at radius 1 is 1.00 bits per heavy atom. The number of nitrogens with zero attached hydrogens (tertiary/aromatic N) is 1. The summed E-state index contributed by atoms with van der Waals surface area (Å²) in [6.07, 6.45) is 0.776. The van der Waals surface area contributed by atoms with E-state index in [1.807, 2.05) is 31.2 Å². The van der Waals surface area contributed by atoms with Crippen molar-refractivity contribution in [2.45, 2.75) is 24.2 Å². The molecule has 2 atom stereocenters. The highest BCUT2D eigenvalue weighted by Gasteiger charge is 2.38. The van der Waals surface area contributed by atoms with E-state index in [4.69, 9.17) is 11.6 Å². The van der Waals surface area contributed by atoms with Crippen molar-refractivity contribution in [1.82, 2.24) is 0 Å². The first-order valence-corrected chi connectivity index (χ1v) is 11.4. The standard InChI is InChI=1S/C23H21ClN2O3S/c1-15-2-12-20(13-3-15)30(28,29)26-19-10-8-18(9-11-19)25-23(27)22-14-21(22)16-4-6-17(24)7-5-16/h2-13,21-22,26H,14H2,1H3,(H,25,27)/p-1. The van der Waals surface area contributed by atoms with Crippen molar-refractivity contribution >= 4 is 38.9 Å². The molecule has 3 aromatic carbocycles. The molecule has 1 aliphatic carbocycles. The van der Waals surface area contributed by atoms with Gasteiger partial charge in [-0.05, 0) is 85.2 Å². The third-order valence-corrected chi connectivity index (χ3v) is 6.75. The Bertz CT molecular complexity index is 1170. The molecule has 0 heterocycles. The molecule has 2 unspecified atom stereocenters. The average Bonchev–Trinajstić information content (AvgIpc) is 3.51. The summed E-state index contributed by atoms with van der Waals surface area (Å²) in [6, 6.07) is 20.6. The van der Waals surface area contributed by atoms with Gasteiger partial charge in [-0.25, -0.2) is 8.42 Å². The lowest BCUT2D eigenvalue weighted by Crippen LogP contribution is -2.20. The SMILES string of the molecule is Cc1ccc(S(=O)(=O)Nc2ccc(N=C([O-])C3CC3c3ccc(Cl)cc3)cc2)cc1. The predicted molar refractivity (Wildman–Crippen MR) is 118 cm³/mol. The van der Waals surface area contributed by atoms with Crippen LogP contribution in [0.15, 0.2) is 82.7 Å². The van der Waals surface area contributed by atoms with E-state index in [0.717, 1.165) is 17.5 Å². The minimum atomic E-state index is -3.67. The van der Waals surface area contributed by atoms with Gasteiger partial charge in [0.2, 0.25) is 0 Å². The third-order valence-electron chi connectivity index (χ3n) is 5.10. The van der Waals surface area contributed by atoms with Gasteiger partial charge in [-0.2, -0.15) is 0 Å². The number of aryl methyl sites for hydroxylation is 1. The van der Waals surface area contributed by atoms with Gasteiger partial charge < -0.3 is 5.11 Å². The fourth-order valence-corrected chi connectivity index (χ4v) is 4.48. The van der Waals surface area contributed by atoms with Gasteiger partial charge >= 0.3 is 0 Å². The zero-order valence-corrected chi connectivity index (χ0v) is 17.8. The van der Waals surface area contributed by atoms with E-state index in [1.54, 1.807) is 48.5 Å². The quantitative estimate of drug-likeness (QED) is 0.448. The van der Waals surface area contributed by atoms with Gasteiger partial charge in [0.05, 0.1) is 10.6 Å². The van der Waals surface area contributed by atoms with Crippen molar-refractivity contribution in [2.75, 3.05) is 4.72 Å². The molecule has 1 saturated carbocycles. The predicted octanol–water partition coefficient (Wildman–Crippen LogP) is 4.64. The molecule has 0 amide bonds. The Morgan fingerprint density at radius 3 is 2.27 bits per heavy atom. The molecule has 1 fully saturated rings. The zero-order valence-electron chi connectivity index (χ0n) is 16.2. The Kier molecular flexibility index (Phi) is 5.54. The molecule has 5 nitrogen and oxygen atoms in total. The van der Waals surface area contributed by atoms with Gasteiger partial charge in [-0.15, -0.1) is 0 Å². The van der Waals surface area contributed by atoms with E-state index in [2.05, 4.69) is 9.71 Å². The number of anilines is 1. The molecule has 0 saturated heterocycles. The van der Waals surface area contributed by atoms with Crippen LogP contribution in [-0.2, 0) is 10.0 Å². The largest absolute Gasteiger partial charge is 0.861 e. The Balaban J connectivity index is 1.42. The van der Waals surface area contributed by atoms with Crippen LogP contribution in [0.4, 0.5) is 11.4 Å². The summed E-state index contributed by atoms with van der Waals surface area (Å²) in [7, 11) is -3.67. The van der Waals surface area contributed by atoms with Gasteiger partial charge in [0.15, 0.2) is 0 Å². The monoisotopic (exact) mass is 439 g/mol. The highest BCUT2D eigenvalue weighted by atomic mass is 35.5. The van der Waals surface area contributed by atoms with Crippen molar-refractivity contribution < 1.29 is 13.5 Å². The number of halogens is 1. The molecule has 1 aliphatic rings. The van der Waals surface area contributed by atoms with Crippen LogP contribution in [0.25, 0.3) is 0 Å².